The van der Waals surface area contributed by atoms with Crippen molar-refractivity contribution in [1.29, 1.82) is 0 Å². The van der Waals surface area contributed by atoms with E-state index in [0.717, 1.165) is 55.1 Å². The lowest BCUT2D eigenvalue weighted by atomic mass is 10.0. The second-order valence-electron chi connectivity index (χ2n) is 8.60. The monoisotopic (exact) mass is 464 g/mol. The van der Waals surface area contributed by atoms with Crippen LogP contribution in [-0.2, 0) is 37.8 Å². The average Bonchev–Trinajstić information content (AvgIpc) is 2.91. The van der Waals surface area contributed by atoms with Crippen molar-refractivity contribution in [3.05, 3.63) is 125 Å². The van der Waals surface area contributed by atoms with E-state index < -0.39 is 0 Å². The lowest BCUT2D eigenvalue weighted by Gasteiger charge is -2.12. The van der Waals surface area contributed by atoms with Crippen LogP contribution in [0.5, 0.6) is 5.75 Å². The van der Waals surface area contributed by atoms with Crippen LogP contribution < -0.4 is 4.74 Å². The fourth-order valence-electron chi connectivity index (χ4n) is 4.57. The van der Waals surface area contributed by atoms with E-state index in [2.05, 4.69) is 24.3 Å². The highest BCUT2D eigenvalue weighted by molar-refractivity contribution is 5.89. The Balaban J connectivity index is 1.25. The fraction of sp³-hybridized carbons (Fsp3) is 0.161. The van der Waals surface area contributed by atoms with Gasteiger partial charge in [0.15, 0.2) is 0 Å². The summed E-state index contributed by atoms with van der Waals surface area (Å²) < 4.78 is 12.2. The molecule has 35 heavy (non-hydrogen) atoms. The van der Waals surface area contributed by atoms with Gasteiger partial charge in [-0.15, -0.1) is 0 Å². The molecule has 0 radical (unpaired) electrons. The largest absolute Gasteiger partial charge is 0.489 e. The molecule has 176 valence electrons. The molecule has 0 fully saturated rings. The third kappa shape index (κ3) is 5.05. The zero-order valence-electron chi connectivity index (χ0n) is 19.5. The summed E-state index contributed by atoms with van der Waals surface area (Å²) in [6.07, 6.45) is 0. The van der Waals surface area contributed by atoms with Gasteiger partial charge in [-0.2, -0.15) is 0 Å². The molecular formula is C31H28O4. The molecule has 0 aliphatic carbocycles. The Bertz CT molecular complexity index is 1460. The maximum atomic E-state index is 9.63. The molecule has 5 rings (SSSR count). The lowest BCUT2D eigenvalue weighted by molar-refractivity contribution is 0.108. The van der Waals surface area contributed by atoms with E-state index in [1.807, 2.05) is 72.8 Å². The van der Waals surface area contributed by atoms with Gasteiger partial charge in [0, 0.05) is 0 Å². The Hall–Kier alpha value is -3.70. The van der Waals surface area contributed by atoms with Crippen LogP contribution in [0.15, 0.2) is 97.1 Å². The number of rotatable bonds is 9. The van der Waals surface area contributed by atoms with Crippen molar-refractivity contribution in [3.63, 3.8) is 0 Å². The molecule has 4 nitrogen and oxygen atoms in total. The summed E-state index contributed by atoms with van der Waals surface area (Å²) in [6, 6.07) is 32.1. The van der Waals surface area contributed by atoms with Gasteiger partial charge < -0.3 is 19.7 Å². The molecule has 2 N–H and O–H groups in total. The third-order valence-electron chi connectivity index (χ3n) is 6.37. The summed E-state index contributed by atoms with van der Waals surface area (Å²) in [5.74, 6) is 0.791. The summed E-state index contributed by atoms with van der Waals surface area (Å²) in [7, 11) is 0. The highest BCUT2D eigenvalue weighted by Crippen LogP contribution is 2.26. The summed E-state index contributed by atoms with van der Waals surface area (Å²) in [6.45, 7) is 1.45. The predicted octanol–water partition coefficient (Wildman–Crippen LogP) is 6.27. The third-order valence-corrected chi connectivity index (χ3v) is 6.37. The van der Waals surface area contributed by atoms with E-state index >= 15 is 0 Å². The van der Waals surface area contributed by atoms with Crippen molar-refractivity contribution >= 4 is 21.5 Å². The Morgan fingerprint density at radius 1 is 0.486 bits per heavy atom. The average molecular weight is 465 g/mol. The zero-order chi connectivity index (χ0) is 24.0. The van der Waals surface area contributed by atoms with Gasteiger partial charge in [0.1, 0.15) is 12.4 Å². The maximum absolute atomic E-state index is 9.63. The molecule has 0 amide bonds. The van der Waals surface area contributed by atoms with Crippen LogP contribution in [0, 0.1) is 0 Å². The molecule has 0 saturated carbocycles. The van der Waals surface area contributed by atoms with Gasteiger partial charge in [0.2, 0.25) is 0 Å². The summed E-state index contributed by atoms with van der Waals surface area (Å²) in [5.41, 5.74) is 5.07. The van der Waals surface area contributed by atoms with Gasteiger partial charge in [-0.1, -0.05) is 84.9 Å². The Labute approximate surface area is 205 Å². The molecule has 0 saturated heterocycles. The number of hydrogen-bond donors (Lipinski definition) is 2. The molecule has 0 aromatic heterocycles. The van der Waals surface area contributed by atoms with Crippen LogP contribution in [0.25, 0.3) is 21.5 Å². The van der Waals surface area contributed by atoms with Gasteiger partial charge in [0.25, 0.3) is 0 Å². The summed E-state index contributed by atoms with van der Waals surface area (Å²) >= 11 is 0. The van der Waals surface area contributed by atoms with Crippen molar-refractivity contribution in [3.8, 4) is 5.75 Å². The molecular weight excluding hydrogens is 436 g/mol. The molecule has 5 aromatic carbocycles. The first kappa shape index (κ1) is 23.1. The van der Waals surface area contributed by atoms with Crippen molar-refractivity contribution in [2.45, 2.75) is 33.0 Å². The van der Waals surface area contributed by atoms with Gasteiger partial charge >= 0.3 is 0 Å². The van der Waals surface area contributed by atoms with Gasteiger partial charge in [-0.3, -0.25) is 0 Å². The highest BCUT2D eigenvalue weighted by atomic mass is 16.5. The van der Waals surface area contributed by atoms with E-state index in [9.17, 15) is 10.2 Å². The minimum Gasteiger partial charge on any atom is -0.489 e. The van der Waals surface area contributed by atoms with E-state index in [-0.39, 0.29) is 13.2 Å². The maximum Gasteiger partial charge on any atom is 0.120 e. The van der Waals surface area contributed by atoms with Crippen LogP contribution >= 0.6 is 0 Å². The summed E-state index contributed by atoms with van der Waals surface area (Å²) in [4.78, 5) is 0. The standard InChI is InChI=1S/C31H28O4/c32-17-23-7-2-14-30-25(9-4-12-28(23)30)20-34-19-22-6-1-11-27(16-22)35-21-26-10-5-13-29-24(18-33)8-3-15-31(26)29/h1-16,32-33H,17-21H2. The molecule has 4 heteroatoms. The van der Waals surface area contributed by atoms with E-state index in [0.29, 0.717) is 19.8 Å². The highest BCUT2D eigenvalue weighted by Gasteiger charge is 2.07. The van der Waals surface area contributed by atoms with E-state index in [4.69, 9.17) is 9.47 Å². The molecule has 0 heterocycles. The summed E-state index contributed by atoms with van der Waals surface area (Å²) in [5, 5.41) is 23.6. The van der Waals surface area contributed by atoms with Crippen molar-refractivity contribution in [2.24, 2.45) is 0 Å². The predicted molar refractivity (Wildman–Crippen MR) is 139 cm³/mol. The molecule has 0 atom stereocenters. The SMILES string of the molecule is OCc1cccc2c(COCc3cccc(OCc4cccc5c(CO)cccc45)c3)cccc12. The zero-order valence-corrected chi connectivity index (χ0v) is 19.5. The first-order valence-electron chi connectivity index (χ1n) is 11.8. The van der Waals surface area contributed by atoms with Crippen LogP contribution in [0.1, 0.15) is 27.8 Å². The smallest absolute Gasteiger partial charge is 0.120 e. The fourth-order valence-corrected chi connectivity index (χ4v) is 4.57. The van der Waals surface area contributed by atoms with Crippen molar-refractivity contribution in [1.82, 2.24) is 0 Å². The van der Waals surface area contributed by atoms with Crippen LogP contribution in [0.2, 0.25) is 0 Å². The number of aliphatic hydroxyl groups excluding tert-OH is 2. The lowest BCUT2D eigenvalue weighted by Crippen LogP contribution is -1.99. The number of benzene rings is 5. The molecule has 0 bridgehead atoms. The number of ether oxygens (including phenoxy) is 2. The molecule has 0 spiro atoms. The molecule has 0 unspecified atom stereocenters. The normalized spacial score (nSPS) is 11.3. The second-order valence-corrected chi connectivity index (χ2v) is 8.60. The number of aliphatic hydroxyl groups is 2. The Morgan fingerprint density at radius 2 is 0.971 bits per heavy atom. The van der Waals surface area contributed by atoms with Crippen LogP contribution in [-0.4, -0.2) is 10.2 Å². The van der Waals surface area contributed by atoms with Gasteiger partial charge in [-0.25, -0.2) is 0 Å². The van der Waals surface area contributed by atoms with Crippen LogP contribution in [0.4, 0.5) is 0 Å². The Morgan fingerprint density at radius 3 is 1.54 bits per heavy atom. The van der Waals surface area contributed by atoms with Crippen molar-refractivity contribution < 1.29 is 19.7 Å². The molecule has 0 aliphatic heterocycles. The number of hydrogen-bond acceptors (Lipinski definition) is 4. The van der Waals surface area contributed by atoms with E-state index in [1.165, 1.54) is 0 Å². The van der Waals surface area contributed by atoms with Gasteiger partial charge in [0.05, 0.1) is 26.4 Å². The minimum atomic E-state index is 0.0189. The first-order valence-corrected chi connectivity index (χ1v) is 11.8. The van der Waals surface area contributed by atoms with E-state index in [1.54, 1.807) is 0 Å². The molecule has 0 aliphatic rings. The minimum absolute atomic E-state index is 0.0189. The number of fused-ring (bicyclic) bond motifs is 2. The topological polar surface area (TPSA) is 58.9 Å². The van der Waals surface area contributed by atoms with Crippen molar-refractivity contribution in [2.75, 3.05) is 0 Å². The quantitative estimate of drug-likeness (QED) is 0.270. The van der Waals surface area contributed by atoms with Crippen LogP contribution in [0.3, 0.4) is 0 Å². The first-order chi connectivity index (χ1) is 17.3. The molecule has 5 aromatic rings. The Kier molecular flexibility index (Phi) is 7.05. The second kappa shape index (κ2) is 10.7. The van der Waals surface area contributed by atoms with Gasteiger partial charge in [-0.05, 0) is 61.5 Å².